The number of hydrogen-bond acceptors (Lipinski definition) is 6. The van der Waals surface area contributed by atoms with Gasteiger partial charge in [0.15, 0.2) is 10.8 Å². The van der Waals surface area contributed by atoms with E-state index in [9.17, 15) is 0 Å². The second-order valence-electron chi connectivity index (χ2n) is 4.59. The minimum Gasteiger partial charge on any atom is -0.497 e. The number of methoxy groups -OCH3 is 2. The Balaban J connectivity index is 2.10. The predicted molar refractivity (Wildman–Crippen MR) is 87.7 cm³/mol. The zero-order chi connectivity index (χ0) is 15.5. The Morgan fingerprint density at radius 1 is 0.864 bits per heavy atom. The van der Waals surface area contributed by atoms with Crippen LogP contribution in [0.15, 0.2) is 41.8 Å². The van der Waals surface area contributed by atoms with Crippen LogP contribution in [0.25, 0.3) is 22.2 Å². The number of fused-ring (bicyclic) bond motifs is 1. The smallest absolute Gasteiger partial charge is 0.189 e. The third-order valence-electron chi connectivity index (χ3n) is 3.28. The van der Waals surface area contributed by atoms with Crippen molar-refractivity contribution in [1.82, 2.24) is 15.0 Å². The van der Waals surface area contributed by atoms with E-state index in [2.05, 4.69) is 15.0 Å². The van der Waals surface area contributed by atoms with Gasteiger partial charge in [-0.25, -0.2) is 15.0 Å². The number of hydrogen-bond donors (Lipinski definition) is 0. The van der Waals surface area contributed by atoms with Gasteiger partial charge in [0, 0.05) is 29.4 Å². The Kier molecular flexibility index (Phi) is 4.11. The van der Waals surface area contributed by atoms with E-state index in [1.54, 1.807) is 26.6 Å². The largest absolute Gasteiger partial charge is 0.497 e. The molecular formula is C16H15N3O2S. The summed E-state index contributed by atoms with van der Waals surface area (Å²) >= 11 is 1.50. The molecule has 0 saturated carbocycles. The molecule has 112 valence electrons. The second-order valence-corrected chi connectivity index (χ2v) is 5.37. The van der Waals surface area contributed by atoms with Crippen molar-refractivity contribution in [2.75, 3.05) is 20.5 Å². The van der Waals surface area contributed by atoms with E-state index in [1.165, 1.54) is 11.8 Å². The van der Waals surface area contributed by atoms with E-state index in [0.29, 0.717) is 5.65 Å². The van der Waals surface area contributed by atoms with Gasteiger partial charge in [0.2, 0.25) is 0 Å². The van der Waals surface area contributed by atoms with Crippen LogP contribution < -0.4 is 9.47 Å². The van der Waals surface area contributed by atoms with Crippen molar-refractivity contribution < 1.29 is 9.47 Å². The molecule has 1 aromatic carbocycles. The van der Waals surface area contributed by atoms with Crippen molar-refractivity contribution in [1.29, 1.82) is 0 Å². The second kappa shape index (κ2) is 6.19. The van der Waals surface area contributed by atoms with E-state index >= 15 is 0 Å². The molecule has 0 radical (unpaired) electrons. The van der Waals surface area contributed by atoms with E-state index in [0.717, 1.165) is 33.2 Å². The fraction of sp³-hybridized carbons (Fsp3) is 0.188. The van der Waals surface area contributed by atoms with Gasteiger partial charge in [-0.05, 0) is 30.0 Å². The van der Waals surface area contributed by atoms with Gasteiger partial charge in [-0.2, -0.15) is 0 Å². The maximum absolute atomic E-state index is 5.31. The van der Waals surface area contributed by atoms with E-state index in [4.69, 9.17) is 9.47 Å². The zero-order valence-electron chi connectivity index (χ0n) is 12.5. The van der Waals surface area contributed by atoms with E-state index in [-0.39, 0.29) is 0 Å². The molecule has 3 aromatic rings. The Morgan fingerprint density at radius 3 is 2.23 bits per heavy atom. The van der Waals surface area contributed by atoms with Gasteiger partial charge >= 0.3 is 0 Å². The molecule has 2 heterocycles. The molecule has 5 nitrogen and oxygen atoms in total. The first-order chi connectivity index (χ1) is 10.7. The first-order valence-electron chi connectivity index (χ1n) is 6.63. The molecule has 0 fully saturated rings. The van der Waals surface area contributed by atoms with Gasteiger partial charge in [0.1, 0.15) is 11.5 Å². The lowest BCUT2D eigenvalue weighted by molar-refractivity contribution is 0.394. The SMILES string of the molecule is COc1cc(OC)cc(-c2cnc3nc(SC)ncc3c2)c1. The van der Waals surface area contributed by atoms with Gasteiger partial charge in [-0.15, -0.1) is 0 Å². The molecule has 22 heavy (non-hydrogen) atoms. The minimum absolute atomic E-state index is 0.693. The Bertz CT molecular complexity index is 801. The lowest BCUT2D eigenvalue weighted by atomic mass is 10.1. The van der Waals surface area contributed by atoms with Crippen LogP contribution in [0, 0.1) is 0 Å². The van der Waals surface area contributed by atoms with Crippen LogP contribution in [-0.4, -0.2) is 35.4 Å². The summed E-state index contributed by atoms with van der Waals surface area (Å²) in [6, 6.07) is 7.75. The van der Waals surface area contributed by atoms with Crippen molar-refractivity contribution in [2.24, 2.45) is 0 Å². The topological polar surface area (TPSA) is 57.1 Å². The quantitative estimate of drug-likeness (QED) is 0.543. The van der Waals surface area contributed by atoms with Crippen LogP contribution >= 0.6 is 11.8 Å². The molecule has 0 unspecified atom stereocenters. The number of rotatable bonds is 4. The number of pyridine rings is 1. The van der Waals surface area contributed by atoms with E-state index in [1.807, 2.05) is 30.5 Å². The summed E-state index contributed by atoms with van der Waals surface area (Å²) in [6.45, 7) is 0. The van der Waals surface area contributed by atoms with Crippen molar-refractivity contribution in [3.05, 3.63) is 36.7 Å². The molecule has 0 spiro atoms. The lowest BCUT2D eigenvalue weighted by Gasteiger charge is -2.09. The summed E-state index contributed by atoms with van der Waals surface area (Å²) < 4.78 is 10.6. The standard InChI is InChI=1S/C16H15N3O2S/c1-20-13-5-10(6-14(7-13)21-2)11-4-12-9-18-16(22-3)19-15(12)17-8-11/h4-9H,1-3H3. The predicted octanol–water partition coefficient (Wildman–Crippen LogP) is 3.43. The zero-order valence-corrected chi connectivity index (χ0v) is 13.3. The van der Waals surface area contributed by atoms with Gasteiger partial charge < -0.3 is 9.47 Å². The maximum atomic E-state index is 5.31. The van der Waals surface area contributed by atoms with Crippen molar-refractivity contribution >= 4 is 22.8 Å². The average Bonchev–Trinajstić information content (AvgIpc) is 2.60. The van der Waals surface area contributed by atoms with Crippen molar-refractivity contribution in [3.63, 3.8) is 0 Å². The maximum Gasteiger partial charge on any atom is 0.189 e. The molecule has 0 aliphatic heterocycles. The van der Waals surface area contributed by atoms with Crippen LogP contribution in [0.4, 0.5) is 0 Å². The Labute approximate surface area is 132 Å². The molecule has 6 heteroatoms. The summed E-state index contributed by atoms with van der Waals surface area (Å²) in [5.41, 5.74) is 2.63. The number of nitrogens with zero attached hydrogens (tertiary/aromatic N) is 3. The summed E-state index contributed by atoms with van der Waals surface area (Å²) in [5, 5.41) is 1.62. The van der Waals surface area contributed by atoms with Crippen molar-refractivity contribution in [2.45, 2.75) is 5.16 Å². The fourth-order valence-electron chi connectivity index (χ4n) is 2.14. The number of aromatic nitrogens is 3. The fourth-order valence-corrected chi connectivity index (χ4v) is 2.47. The van der Waals surface area contributed by atoms with Crippen LogP contribution in [0.5, 0.6) is 11.5 Å². The van der Waals surface area contributed by atoms with Gasteiger partial charge in [0.05, 0.1) is 14.2 Å². The first kappa shape index (κ1) is 14.6. The third kappa shape index (κ3) is 2.82. The molecule has 0 saturated heterocycles. The number of thioether (sulfide) groups is 1. The van der Waals surface area contributed by atoms with Crippen LogP contribution in [0.1, 0.15) is 0 Å². The molecule has 2 aromatic heterocycles. The molecule has 0 atom stereocenters. The number of benzene rings is 1. The summed E-state index contributed by atoms with van der Waals surface area (Å²) in [6.07, 6.45) is 5.54. The molecule has 0 bridgehead atoms. The lowest BCUT2D eigenvalue weighted by Crippen LogP contribution is -1.92. The monoisotopic (exact) mass is 313 g/mol. The molecule has 3 rings (SSSR count). The van der Waals surface area contributed by atoms with Crippen molar-refractivity contribution in [3.8, 4) is 22.6 Å². The average molecular weight is 313 g/mol. The highest BCUT2D eigenvalue weighted by atomic mass is 32.2. The molecule has 0 amide bonds. The molecule has 0 aliphatic carbocycles. The minimum atomic E-state index is 0.693. The molecule has 0 aliphatic rings. The number of ether oxygens (including phenoxy) is 2. The Hall–Kier alpha value is -2.34. The van der Waals surface area contributed by atoms with Crippen LogP contribution in [0.3, 0.4) is 0 Å². The highest BCUT2D eigenvalue weighted by molar-refractivity contribution is 7.98. The summed E-state index contributed by atoms with van der Waals surface area (Å²) in [4.78, 5) is 13.1. The molecular weight excluding hydrogens is 298 g/mol. The highest BCUT2D eigenvalue weighted by Crippen LogP contribution is 2.30. The van der Waals surface area contributed by atoms with Gasteiger partial charge in [0.25, 0.3) is 0 Å². The summed E-state index contributed by atoms with van der Waals surface area (Å²) in [7, 11) is 3.27. The molecule has 0 N–H and O–H groups in total. The van der Waals surface area contributed by atoms with Crippen LogP contribution in [-0.2, 0) is 0 Å². The highest BCUT2D eigenvalue weighted by Gasteiger charge is 2.07. The summed E-state index contributed by atoms with van der Waals surface area (Å²) in [5.74, 6) is 1.48. The van der Waals surface area contributed by atoms with Gasteiger partial charge in [-0.1, -0.05) is 11.8 Å². The van der Waals surface area contributed by atoms with Crippen LogP contribution in [0.2, 0.25) is 0 Å². The third-order valence-corrected chi connectivity index (χ3v) is 3.84. The van der Waals surface area contributed by atoms with E-state index < -0.39 is 0 Å². The normalized spacial score (nSPS) is 10.7. The first-order valence-corrected chi connectivity index (χ1v) is 7.86. The Morgan fingerprint density at radius 2 is 1.59 bits per heavy atom. The van der Waals surface area contributed by atoms with Gasteiger partial charge in [-0.3, -0.25) is 0 Å².